The van der Waals surface area contributed by atoms with Crippen molar-refractivity contribution in [3.63, 3.8) is 0 Å². The number of nitrogens with zero attached hydrogens (tertiary/aromatic N) is 2. The number of hydrogen-bond donors (Lipinski definition) is 1. The van der Waals surface area contributed by atoms with Crippen LogP contribution in [-0.2, 0) is 6.54 Å². The largest absolute Gasteiger partial charge is 0.334 e. The second-order valence-corrected chi connectivity index (χ2v) is 5.24. The Hall–Kier alpha value is -1.68. The zero-order valence-corrected chi connectivity index (χ0v) is 11.8. The quantitative estimate of drug-likeness (QED) is 0.809. The van der Waals surface area contributed by atoms with E-state index in [0.717, 1.165) is 18.5 Å². The normalized spacial score (nSPS) is 11.2. The number of benzene rings is 1. The average molecular weight is 259 g/mol. The van der Waals surface area contributed by atoms with Gasteiger partial charge in [-0.25, -0.2) is 0 Å². The van der Waals surface area contributed by atoms with Gasteiger partial charge in [-0.15, -0.1) is 0 Å². The second-order valence-electron chi connectivity index (χ2n) is 5.24. The molecule has 1 heterocycles. The molecule has 0 atom stereocenters. The van der Waals surface area contributed by atoms with E-state index in [4.69, 9.17) is 4.52 Å². The summed E-state index contributed by atoms with van der Waals surface area (Å²) in [4.78, 5) is 4.40. The molecule has 4 heteroatoms. The van der Waals surface area contributed by atoms with Crippen molar-refractivity contribution in [3.8, 4) is 11.5 Å². The summed E-state index contributed by atoms with van der Waals surface area (Å²) in [6.07, 6.45) is 1.16. The molecule has 0 fully saturated rings. The van der Waals surface area contributed by atoms with E-state index in [1.165, 1.54) is 5.56 Å². The second kappa shape index (κ2) is 6.48. The lowest BCUT2D eigenvalue weighted by Gasteiger charge is -2.03. The average Bonchev–Trinajstić information content (AvgIpc) is 2.83. The number of nitrogens with one attached hydrogen (secondary N) is 1. The lowest BCUT2D eigenvalue weighted by Crippen LogP contribution is -2.17. The molecular weight excluding hydrogens is 238 g/mol. The smallest absolute Gasteiger partial charge is 0.257 e. The van der Waals surface area contributed by atoms with Gasteiger partial charge in [0, 0.05) is 5.56 Å². The van der Waals surface area contributed by atoms with Crippen LogP contribution in [0.3, 0.4) is 0 Å². The van der Waals surface area contributed by atoms with Gasteiger partial charge in [0.15, 0.2) is 5.82 Å². The van der Waals surface area contributed by atoms with Crippen LogP contribution < -0.4 is 5.32 Å². The van der Waals surface area contributed by atoms with Crippen LogP contribution in [0, 0.1) is 12.8 Å². The Kier molecular flexibility index (Phi) is 4.68. The van der Waals surface area contributed by atoms with Crippen molar-refractivity contribution in [1.29, 1.82) is 0 Å². The van der Waals surface area contributed by atoms with Crippen LogP contribution in [0.5, 0.6) is 0 Å². The third-order valence-corrected chi connectivity index (χ3v) is 2.91. The molecule has 0 radical (unpaired) electrons. The Morgan fingerprint density at radius 1 is 1.32 bits per heavy atom. The summed E-state index contributed by atoms with van der Waals surface area (Å²) in [7, 11) is 0. The zero-order valence-electron chi connectivity index (χ0n) is 11.8. The van der Waals surface area contributed by atoms with Crippen molar-refractivity contribution in [2.24, 2.45) is 5.92 Å². The van der Waals surface area contributed by atoms with Gasteiger partial charge in [0.05, 0.1) is 6.54 Å². The van der Waals surface area contributed by atoms with Crippen LogP contribution in [0.1, 0.15) is 31.7 Å². The molecule has 1 aromatic heterocycles. The predicted molar refractivity (Wildman–Crippen MR) is 75.6 cm³/mol. The first kappa shape index (κ1) is 13.7. The highest BCUT2D eigenvalue weighted by Crippen LogP contribution is 2.17. The number of hydrogen-bond acceptors (Lipinski definition) is 4. The van der Waals surface area contributed by atoms with Crippen molar-refractivity contribution >= 4 is 0 Å². The fraction of sp³-hybridized carbons (Fsp3) is 0.467. The molecule has 0 amide bonds. The molecular formula is C15H21N3O. The summed E-state index contributed by atoms with van der Waals surface area (Å²) >= 11 is 0. The Bertz CT molecular complexity index is 520. The SMILES string of the molecule is Cc1cccc(-c2nc(CNCCC(C)C)no2)c1. The van der Waals surface area contributed by atoms with E-state index in [9.17, 15) is 0 Å². The summed E-state index contributed by atoms with van der Waals surface area (Å²) < 4.78 is 5.28. The first-order valence-electron chi connectivity index (χ1n) is 6.75. The van der Waals surface area contributed by atoms with Crippen LogP contribution in [0.2, 0.25) is 0 Å². The first-order chi connectivity index (χ1) is 9.15. The molecule has 0 spiro atoms. The van der Waals surface area contributed by atoms with Gasteiger partial charge in [-0.3, -0.25) is 0 Å². The third-order valence-electron chi connectivity index (χ3n) is 2.91. The van der Waals surface area contributed by atoms with E-state index in [2.05, 4.69) is 29.3 Å². The van der Waals surface area contributed by atoms with E-state index < -0.39 is 0 Å². The minimum absolute atomic E-state index is 0.587. The van der Waals surface area contributed by atoms with E-state index in [0.29, 0.717) is 24.2 Å². The molecule has 0 bridgehead atoms. The molecule has 0 aliphatic rings. The highest BCUT2D eigenvalue weighted by atomic mass is 16.5. The summed E-state index contributed by atoms with van der Waals surface area (Å²) in [5, 5.41) is 7.31. The van der Waals surface area contributed by atoms with Crippen molar-refractivity contribution in [3.05, 3.63) is 35.7 Å². The fourth-order valence-electron chi connectivity index (χ4n) is 1.81. The maximum Gasteiger partial charge on any atom is 0.257 e. The Labute approximate surface area is 114 Å². The minimum atomic E-state index is 0.587. The molecule has 0 aliphatic carbocycles. The third kappa shape index (κ3) is 4.17. The van der Waals surface area contributed by atoms with Crippen LogP contribution in [0.15, 0.2) is 28.8 Å². The first-order valence-corrected chi connectivity index (χ1v) is 6.75. The monoisotopic (exact) mass is 259 g/mol. The van der Waals surface area contributed by atoms with Gasteiger partial charge < -0.3 is 9.84 Å². The number of aryl methyl sites for hydroxylation is 1. The van der Waals surface area contributed by atoms with Crippen molar-refractivity contribution < 1.29 is 4.52 Å². The maximum atomic E-state index is 5.28. The highest BCUT2D eigenvalue weighted by Gasteiger charge is 2.08. The van der Waals surface area contributed by atoms with Crippen molar-refractivity contribution in [1.82, 2.24) is 15.5 Å². The van der Waals surface area contributed by atoms with E-state index in [1.54, 1.807) is 0 Å². The molecule has 19 heavy (non-hydrogen) atoms. The van der Waals surface area contributed by atoms with Crippen LogP contribution in [0.25, 0.3) is 11.5 Å². The van der Waals surface area contributed by atoms with Gasteiger partial charge in [0.25, 0.3) is 5.89 Å². The minimum Gasteiger partial charge on any atom is -0.334 e. The molecule has 0 unspecified atom stereocenters. The molecule has 0 saturated carbocycles. The molecule has 0 aliphatic heterocycles. The van der Waals surface area contributed by atoms with Gasteiger partial charge in [-0.2, -0.15) is 4.98 Å². The maximum absolute atomic E-state index is 5.28. The molecule has 2 aromatic rings. The highest BCUT2D eigenvalue weighted by molar-refractivity contribution is 5.53. The lowest BCUT2D eigenvalue weighted by molar-refractivity contribution is 0.418. The molecule has 2 rings (SSSR count). The summed E-state index contributed by atoms with van der Waals surface area (Å²) in [6.45, 7) is 8.11. The van der Waals surface area contributed by atoms with E-state index in [1.807, 2.05) is 31.2 Å². The molecule has 0 saturated heterocycles. The van der Waals surface area contributed by atoms with Crippen LogP contribution >= 0.6 is 0 Å². The number of aromatic nitrogens is 2. The van der Waals surface area contributed by atoms with Crippen molar-refractivity contribution in [2.45, 2.75) is 33.7 Å². The van der Waals surface area contributed by atoms with E-state index >= 15 is 0 Å². The van der Waals surface area contributed by atoms with Gasteiger partial charge >= 0.3 is 0 Å². The predicted octanol–water partition coefficient (Wildman–Crippen LogP) is 3.18. The Morgan fingerprint density at radius 2 is 2.16 bits per heavy atom. The van der Waals surface area contributed by atoms with E-state index in [-0.39, 0.29) is 0 Å². The Balaban J connectivity index is 1.92. The molecule has 1 N–H and O–H groups in total. The molecule has 1 aromatic carbocycles. The topological polar surface area (TPSA) is 51.0 Å². The fourth-order valence-corrected chi connectivity index (χ4v) is 1.81. The Morgan fingerprint density at radius 3 is 2.89 bits per heavy atom. The van der Waals surface area contributed by atoms with Crippen molar-refractivity contribution in [2.75, 3.05) is 6.54 Å². The zero-order chi connectivity index (χ0) is 13.7. The van der Waals surface area contributed by atoms with Gasteiger partial charge in [0.1, 0.15) is 0 Å². The number of rotatable bonds is 6. The van der Waals surface area contributed by atoms with Gasteiger partial charge in [-0.1, -0.05) is 36.7 Å². The summed E-state index contributed by atoms with van der Waals surface area (Å²) in [5.74, 6) is 2.00. The standard InChI is InChI=1S/C15H21N3O/c1-11(2)7-8-16-10-14-17-15(19-18-14)13-6-4-5-12(3)9-13/h4-6,9,11,16H,7-8,10H2,1-3H3. The summed E-state index contributed by atoms with van der Waals surface area (Å²) in [6, 6.07) is 8.07. The van der Waals surface area contributed by atoms with Crippen LogP contribution in [-0.4, -0.2) is 16.7 Å². The lowest BCUT2D eigenvalue weighted by atomic mass is 10.1. The van der Waals surface area contributed by atoms with Gasteiger partial charge in [-0.05, 0) is 37.9 Å². The summed E-state index contributed by atoms with van der Waals surface area (Å²) in [5.41, 5.74) is 2.16. The van der Waals surface area contributed by atoms with Crippen LogP contribution in [0.4, 0.5) is 0 Å². The van der Waals surface area contributed by atoms with Gasteiger partial charge in [0.2, 0.25) is 0 Å². The molecule has 4 nitrogen and oxygen atoms in total. The molecule has 102 valence electrons.